The Kier molecular flexibility index (Phi) is 4.73. The number of aliphatic hydroxyl groups excluding tert-OH is 1. The first-order valence-corrected chi connectivity index (χ1v) is 6.71. The van der Waals surface area contributed by atoms with Crippen LogP contribution in [0, 0.1) is 18.6 Å². The molecule has 4 heteroatoms. The molecular weight excluding hydrogens is 282 g/mol. The third-order valence-corrected chi connectivity index (χ3v) is 3.54. The standard InChI is InChI=1S/C16H15ClF2O/c1-10-7-13(18)6-5-11(10)8-14(20)9-12-3-2-4-15(17)16(12)19/h2-7,14,20H,8-9H2,1H3. The van der Waals surface area contributed by atoms with Crippen LogP contribution >= 0.6 is 11.6 Å². The van der Waals surface area contributed by atoms with Crippen molar-refractivity contribution >= 4 is 11.6 Å². The van der Waals surface area contributed by atoms with Gasteiger partial charge in [0.2, 0.25) is 0 Å². The van der Waals surface area contributed by atoms with E-state index in [1.807, 2.05) is 0 Å². The number of benzene rings is 2. The van der Waals surface area contributed by atoms with Gasteiger partial charge in [-0.1, -0.05) is 29.8 Å². The lowest BCUT2D eigenvalue weighted by Crippen LogP contribution is -2.15. The van der Waals surface area contributed by atoms with Crippen LogP contribution in [0.4, 0.5) is 8.78 Å². The molecule has 2 aromatic carbocycles. The van der Waals surface area contributed by atoms with Crippen LogP contribution in [-0.4, -0.2) is 11.2 Å². The molecule has 1 nitrogen and oxygen atoms in total. The van der Waals surface area contributed by atoms with E-state index in [1.165, 1.54) is 18.2 Å². The van der Waals surface area contributed by atoms with Gasteiger partial charge in [0.15, 0.2) is 0 Å². The second kappa shape index (κ2) is 6.33. The Balaban J connectivity index is 2.09. The molecule has 1 N–H and O–H groups in total. The van der Waals surface area contributed by atoms with Gasteiger partial charge in [-0.3, -0.25) is 0 Å². The van der Waals surface area contributed by atoms with Crippen molar-refractivity contribution in [1.82, 2.24) is 0 Å². The fourth-order valence-electron chi connectivity index (χ4n) is 2.17. The van der Waals surface area contributed by atoms with Gasteiger partial charge < -0.3 is 5.11 Å². The zero-order chi connectivity index (χ0) is 14.7. The van der Waals surface area contributed by atoms with Crippen molar-refractivity contribution in [3.05, 3.63) is 69.7 Å². The smallest absolute Gasteiger partial charge is 0.145 e. The minimum atomic E-state index is -0.743. The number of halogens is 3. The summed E-state index contributed by atoms with van der Waals surface area (Å²) in [6.07, 6.45) is -0.228. The van der Waals surface area contributed by atoms with E-state index in [4.69, 9.17) is 11.6 Å². The van der Waals surface area contributed by atoms with Gasteiger partial charge in [-0.05, 0) is 48.2 Å². The molecule has 0 amide bonds. The topological polar surface area (TPSA) is 20.2 Å². The van der Waals surface area contributed by atoms with E-state index < -0.39 is 11.9 Å². The first-order chi connectivity index (χ1) is 9.47. The van der Waals surface area contributed by atoms with Gasteiger partial charge in [-0.25, -0.2) is 8.78 Å². The molecule has 1 unspecified atom stereocenters. The predicted octanol–water partition coefficient (Wildman–Crippen LogP) is 4.07. The van der Waals surface area contributed by atoms with Crippen LogP contribution in [0.5, 0.6) is 0 Å². The van der Waals surface area contributed by atoms with Crippen LogP contribution < -0.4 is 0 Å². The van der Waals surface area contributed by atoms with E-state index >= 15 is 0 Å². The van der Waals surface area contributed by atoms with Crippen molar-refractivity contribution in [3.8, 4) is 0 Å². The molecular formula is C16H15ClF2O. The third-order valence-electron chi connectivity index (χ3n) is 3.25. The van der Waals surface area contributed by atoms with Crippen LogP contribution in [0.15, 0.2) is 36.4 Å². The average molecular weight is 297 g/mol. The van der Waals surface area contributed by atoms with Crippen LogP contribution in [-0.2, 0) is 12.8 Å². The van der Waals surface area contributed by atoms with Gasteiger partial charge in [-0.2, -0.15) is 0 Å². The third kappa shape index (κ3) is 3.56. The van der Waals surface area contributed by atoms with Crippen LogP contribution in [0.1, 0.15) is 16.7 Å². The quantitative estimate of drug-likeness (QED) is 0.901. The second-order valence-corrected chi connectivity index (χ2v) is 5.25. The Labute approximate surface area is 121 Å². The van der Waals surface area contributed by atoms with E-state index in [0.29, 0.717) is 12.0 Å². The summed E-state index contributed by atoms with van der Waals surface area (Å²) < 4.78 is 26.7. The Bertz CT molecular complexity index is 613. The Morgan fingerprint density at radius 3 is 2.50 bits per heavy atom. The maximum atomic E-state index is 13.7. The summed E-state index contributed by atoms with van der Waals surface area (Å²) in [6, 6.07) is 9.13. The van der Waals surface area contributed by atoms with Gasteiger partial charge in [-0.15, -0.1) is 0 Å². The van der Waals surface area contributed by atoms with E-state index in [-0.39, 0.29) is 17.3 Å². The Morgan fingerprint density at radius 2 is 1.80 bits per heavy atom. The molecule has 0 aliphatic heterocycles. The highest BCUT2D eigenvalue weighted by atomic mass is 35.5. The number of rotatable bonds is 4. The van der Waals surface area contributed by atoms with E-state index in [0.717, 1.165) is 11.1 Å². The molecule has 20 heavy (non-hydrogen) atoms. The van der Waals surface area contributed by atoms with Gasteiger partial charge in [0.05, 0.1) is 11.1 Å². The molecule has 2 aromatic rings. The van der Waals surface area contributed by atoms with Gasteiger partial charge >= 0.3 is 0 Å². The monoisotopic (exact) mass is 296 g/mol. The molecule has 2 rings (SSSR count). The van der Waals surface area contributed by atoms with Crippen molar-refractivity contribution in [2.24, 2.45) is 0 Å². The largest absolute Gasteiger partial charge is 0.392 e. The summed E-state index contributed by atoms with van der Waals surface area (Å²) in [6.45, 7) is 1.78. The molecule has 0 fully saturated rings. The normalized spacial score (nSPS) is 12.4. The van der Waals surface area contributed by atoms with Crippen molar-refractivity contribution in [1.29, 1.82) is 0 Å². The molecule has 0 saturated heterocycles. The zero-order valence-corrected chi connectivity index (χ0v) is 11.8. The summed E-state index contributed by atoms with van der Waals surface area (Å²) in [5, 5.41) is 10.1. The highest BCUT2D eigenvalue weighted by molar-refractivity contribution is 6.30. The summed E-state index contributed by atoms with van der Waals surface area (Å²) in [4.78, 5) is 0. The fraction of sp³-hybridized carbons (Fsp3) is 0.250. The molecule has 1 atom stereocenters. The number of hydrogen-bond acceptors (Lipinski definition) is 1. The van der Waals surface area contributed by atoms with E-state index in [2.05, 4.69) is 0 Å². The summed E-state index contributed by atoms with van der Waals surface area (Å²) in [5.74, 6) is -0.800. The van der Waals surface area contributed by atoms with Gasteiger partial charge in [0.1, 0.15) is 11.6 Å². The fourth-order valence-corrected chi connectivity index (χ4v) is 2.37. The molecule has 0 aliphatic rings. The number of aliphatic hydroxyl groups is 1. The molecule has 0 heterocycles. The summed E-state index contributed by atoms with van der Waals surface area (Å²) in [5.41, 5.74) is 2.00. The highest BCUT2D eigenvalue weighted by Gasteiger charge is 2.13. The molecule has 0 bridgehead atoms. The summed E-state index contributed by atoms with van der Waals surface area (Å²) >= 11 is 5.70. The molecule has 0 aromatic heterocycles. The summed E-state index contributed by atoms with van der Waals surface area (Å²) in [7, 11) is 0. The van der Waals surface area contributed by atoms with Gasteiger partial charge in [0, 0.05) is 6.42 Å². The first kappa shape index (κ1) is 14.9. The predicted molar refractivity (Wildman–Crippen MR) is 76.0 cm³/mol. The van der Waals surface area contributed by atoms with E-state index in [9.17, 15) is 13.9 Å². The maximum Gasteiger partial charge on any atom is 0.145 e. The Morgan fingerprint density at radius 1 is 1.10 bits per heavy atom. The maximum absolute atomic E-state index is 13.7. The highest BCUT2D eigenvalue weighted by Crippen LogP contribution is 2.20. The second-order valence-electron chi connectivity index (χ2n) is 4.85. The minimum Gasteiger partial charge on any atom is -0.392 e. The number of hydrogen-bond donors (Lipinski definition) is 1. The zero-order valence-electron chi connectivity index (χ0n) is 11.0. The van der Waals surface area contributed by atoms with Crippen LogP contribution in [0.25, 0.3) is 0 Å². The van der Waals surface area contributed by atoms with Crippen LogP contribution in [0.3, 0.4) is 0 Å². The Hall–Kier alpha value is -1.45. The van der Waals surface area contributed by atoms with Crippen molar-refractivity contribution in [2.45, 2.75) is 25.9 Å². The lowest BCUT2D eigenvalue weighted by Gasteiger charge is -2.13. The average Bonchev–Trinajstić information content (AvgIpc) is 2.38. The minimum absolute atomic E-state index is 0.0488. The number of aryl methyl sites for hydroxylation is 1. The molecule has 106 valence electrons. The van der Waals surface area contributed by atoms with Crippen molar-refractivity contribution in [3.63, 3.8) is 0 Å². The lowest BCUT2D eigenvalue weighted by molar-refractivity contribution is 0.174. The first-order valence-electron chi connectivity index (χ1n) is 6.33. The van der Waals surface area contributed by atoms with Crippen molar-refractivity contribution in [2.75, 3.05) is 0 Å². The van der Waals surface area contributed by atoms with E-state index in [1.54, 1.807) is 25.1 Å². The van der Waals surface area contributed by atoms with Crippen molar-refractivity contribution < 1.29 is 13.9 Å². The lowest BCUT2D eigenvalue weighted by atomic mass is 9.98. The van der Waals surface area contributed by atoms with Crippen LogP contribution in [0.2, 0.25) is 5.02 Å². The molecule has 0 aliphatic carbocycles. The molecule has 0 saturated carbocycles. The molecule has 0 spiro atoms. The SMILES string of the molecule is Cc1cc(F)ccc1CC(O)Cc1cccc(Cl)c1F. The van der Waals surface area contributed by atoms with Gasteiger partial charge in [0.25, 0.3) is 0 Å². The molecule has 0 radical (unpaired) electrons.